The van der Waals surface area contributed by atoms with Crippen molar-refractivity contribution in [2.45, 2.75) is 117 Å². The summed E-state index contributed by atoms with van der Waals surface area (Å²) < 4.78 is 0. The van der Waals surface area contributed by atoms with Gasteiger partial charge in [0.1, 0.15) is 0 Å². The summed E-state index contributed by atoms with van der Waals surface area (Å²) in [6.07, 6.45) is 8.13. The van der Waals surface area contributed by atoms with Gasteiger partial charge in [-0.15, -0.1) is 0 Å². The molecule has 0 heterocycles. The number of amides is 2. The molecule has 0 aromatic heterocycles. The lowest BCUT2D eigenvalue weighted by Crippen LogP contribution is -2.26. The van der Waals surface area contributed by atoms with Gasteiger partial charge in [-0.1, -0.05) is 66.5 Å². The Morgan fingerprint density at radius 3 is 1.33 bits per heavy atom. The predicted molar refractivity (Wildman–Crippen MR) is 169 cm³/mol. The SMILES string of the molecule is CCCCNC(=O)CCCC(C)(C)c1ccc2c(c1)C(=O)c1ccc(C(C)(C)CCCC(=O)NCCCC)cc1C2=O. The molecule has 0 saturated carbocycles. The topological polar surface area (TPSA) is 92.3 Å². The Bertz CT molecular complexity index is 1190. The summed E-state index contributed by atoms with van der Waals surface area (Å²) in [5, 5.41) is 5.94. The van der Waals surface area contributed by atoms with Gasteiger partial charge in [-0.3, -0.25) is 19.2 Å². The van der Waals surface area contributed by atoms with Crippen LogP contribution < -0.4 is 10.6 Å². The quantitative estimate of drug-likeness (QED) is 0.177. The molecule has 2 aromatic carbocycles. The number of fused-ring (bicyclic) bond motifs is 2. The first-order valence-electron chi connectivity index (χ1n) is 15.8. The van der Waals surface area contributed by atoms with Crippen LogP contribution in [0.2, 0.25) is 0 Å². The Labute approximate surface area is 252 Å². The standard InChI is InChI=1S/C36H50N2O4/c1-7-9-21-37-31(39)13-11-19-35(3,4)25-15-17-27-29(23-25)33(41)28-18-16-26(24-30(28)34(27)42)36(5,6)20-12-14-32(40)38-22-10-8-2/h15-18,23-24H,7-14,19-22H2,1-6H3,(H,37,39)(H,38,40). The lowest BCUT2D eigenvalue weighted by Gasteiger charge is -2.29. The molecule has 0 unspecified atom stereocenters. The Morgan fingerprint density at radius 2 is 0.976 bits per heavy atom. The highest BCUT2D eigenvalue weighted by atomic mass is 16.2. The van der Waals surface area contributed by atoms with E-state index in [4.69, 9.17) is 0 Å². The largest absolute Gasteiger partial charge is 0.356 e. The number of carbonyl (C=O) groups excluding carboxylic acids is 4. The van der Waals surface area contributed by atoms with Gasteiger partial charge in [0.05, 0.1) is 0 Å². The fourth-order valence-electron chi connectivity index (χ4n) is 5.65. The predicted octanol–water partition coefficient (Wildman–Crippen LogP) is 7.19. The third kappa shape index (κ3) is 8.39. The molecule has 228 valence electrons. The fraction of sp³-hybridized carbons (Fsp3) is 0.556. The molecule has 1 aliphatic carbocycles. The molecule has 2 amide bonds. The van der Waals surface area contributed by atoms with Crippen LogP contribution in [0.4, 0.5) is 0 Å². The van der Waals surface area contributed by atoms with Crippen molar-refractivity contribution in [1.82, 2.24) is 10.6 Å². The van der Waals surface area contributed by atoms with E-state index in [1.54, 1.807) is 12.1 Å². The molecule has 0 atom stereocenters. The summed E-state index contributed by atoms with van der Waals surface area (Å²) in [4.78, 5) is 51.5. The molecular formula is C36H50N2O4. The van der Waals surface area contributed by atoms with Crippen molar-refractivity contribution >= 4 is 23.4 Å². The zero-order chi connectivity index (χ0) is 30.9. The van der Waals surface area contributed by atoms with E-state index in [9.17, 15) is 19.2 Å². The molecule has 2 N–H and O–H groups in total. The Morgan fingerprint density at radius 1 is 0.595 bits per heavy atom. The molecule has 0 aliphatic heterocycles. The van der Waals surface area contributed by atoms with Crippen LogP contribution in [0, 0.1) is 0 Å². The fourth-order valence-corrected chi connectivity index (χ4v) is 5.65. The van der Waals surface area contributed by atoms with Crippen molar-refractivity contribution in [3.8, 4) is 0 Å². The van der Waals surface area contributed by atoms with Gasteiger partial charge in [-0.05, 0) is 84.7 Å². The second-order valence-corrected chi connectivity index (χ2v) is 13.1. The van der Waals surface area contributed by atoms with Gasteiger partial charge in [0, 0.05) is 48.2 Å². The van der Waals surface area contributed by atoms with Gasteiger partial charge in [-0.2, -0.15) is 0 Å². The summed E-state index contributed by atoms with van der Waals surface area (Å²) in [5.41, 5.74) is 3.30. The maximum atomic E-state index is 13.6. The lowest BCUT2D eigenvalue weighted by atomic mass is 9.74. The molecule has 0 spiro atoms. The molecule has 42 heavy (non-hydrogen) atoms. The van der Waals surface area contributed by atoms with Crippen LogP contribution in [0.15, 0.2) is 36.4 Å². The third-order valence-corrected chi connectivity index (χ3v) is 8.70. The van der Waals surface area contributed by atoms with Crippen LogP contribution in [0.5, 0.6) is 0 Å². The average Bonchev–Trinajstić information content (AvgIpc) is 2.95. The first-order chi connectivity index (χ1) is 19.9. The van der Waals surface area contributed by atoms with E-state index < -0.39 is 0 Å². The molecule has 3 rings (SSSR count). The summed E-state index contributed by atoms with van der Waals surface area (Å²) in [5.74, 6) is -0.0867. The van der Waals surface area contributed by atoms with Crippen molar-refractivity contribution in [2.24, 2.45) is 0 Å². The number of benzene rings is 2. The van der Waals surface area contributed by atoms with Crippen LogP contribution >= 0.6 is 0 Å². The van der Waals surface area contributed by atoms with E-state index in [2.05, 4.69) is 52.2 Å². The normalized spacial score (nSPS) is 13.0. The zero-order valence-corrected chi connectivity index (χ0v) is 26.6. The lowest BCUT2D eigenvalue weighted by molar-refractivity contribution is -0.122. The molecule has 2 aromatic rings. The van der Waals surface area contributed by atoms with Crippen molar-refractivity contribution in [1.29, 1.82) is 0 Å². The second-order valence-electron chi connectivity index (χ2n) is 13.1. The summed E-state index contributed by atoms with van der Waals surface area (Å²) in [6, 6.07) is 11.3. The Kier molecular flexibility index (Phi) is 11.7. The molecule has 0 fully saturated rings. The number of nitrogens with one attached hydrogen (secondary N) is 2. The molecule has 0 bridgehead atoms. The monoisotopic (exact) mass is 574 g/mol. The van der Waals surface area contributed by atoms with Crippen LogP contribution in [-0.4, -0.2) is 36.5 Å². The highest BCUT2D eigenvalue weighted by molar-refractivity contribution is 6.28. The van der Waals surface area contributed by atoms with E-state index in [-0.39, 0.29) is 34.2 Å². The summed E-state index contributed by atoms with van der Waals surface area (Å²) >= 11 is 0. The molecule has 6 nitrogen and oxygen atoms in total. The number of carbonyl (C=O) groups is 4. The van der Waals surface area contributed by atoms with Gasteiger partial charge in [0.2, 0.25) is 11.8 Å². The van der Waals surface area contributed by atoms with Crippen LogP contribution in [0.25, 0.3) is 0 Å². The smallest absolute Gasteiger partial charge is 0.219 e. The van der Waals surface area contributed by atoms with Crippen LogP contribution in [0.1, 0.15) is 149 Å². The number of ketones is 2. The molecule has 0 saturated heterocycles. The van der Waals surface area contributed by atoms with E-state index in [1.165, 1.54) is 0 Å². The van der Waals surface area contributed by atoms with E-state index in [0.717, 1.165) is 75.6 Å². The number of hydrogen-bond donors (Lipinski definition) is 2. The van der Waals surface area contributed by atoms with Gasteiger partial charge in [0.25, 0.3) is 0 Å². The molecule has 0 radical (unpaired) electrons. The minimum Gasteiger partial charge on any atom is -0.356 e. The maximum absolute atomic E-state index is 13.6. The number of hydrogen-bond acceptors (Lipinski definition) is 4. The number of rotatable bonds is 16. The Hall–Kier alpha value is -3.28. The number of unbranched alkanes of at least 4 members (excludes halogenated alkanes) is 2. The van der Waals surface area contributed by atoms with Crippen LogP contribution in [0.3, 0.4) is 0 Å². The van der Waals surface area contributed by atoms with Crippen molar-refractivity contribution < 1.29 is 19.2 Å². The first-order valence-corrected chi connectivity index (χ1v) is 15.8. The highest BCUT2D eigenvalue weighted by Crippen LogP contribution is 2.36. The van der Waals surface area contributed by atoms with E-state index in [1.807, 2.05) is 24.3 Å². The summed E-state index contributed by atoms with van der Waals surface area (Å²) in [7, 11) is 0. The van der Waals surface area contributed by atoms with Gasteiger partial charge in [-0.25, -0.2) is 0 Å². The van der Waals surface area contributed by atoms with Crippen molar-refractivity contribution in [2.75, 3.05) is 13.1 Å². The third-order valence-electron chi connectivity index (χ3n) is 8.70. The van der Waals surface area contributed by atoms with E-state index in [0.29, 0.717) is 35.1 Å². The molecule has 6 heteroatoms. The Balaban J connectivity index is 1.69. The molecular weight excluding hydrogens is 524 g/mol. The average molecular weight is 575 g/mol. The first kappa shape index (κ1) is 33.2. The minimum absolute atomic E-state index is 0.0810. The van der Waals surface area contributed by atoms with Gasteiger partial charge >= 0.3 is 0 Å². The van der Waals surface area contributed by atoms with Crippen LogP contribution in [-0.2, 0) is 20.4 Å². The maximum Gasteiger partial charge on any atom is 0.219 e. The zero-order valence-electron chi connectivity index (χ0n) is 26.6. The second kappa shape index (κ2) is 14.8. The highest BCUT2D eigenvalue weighted by Gasteiger charge is 2.33. The van der Waals surface area contributed by atoms with Crippen molar-refractivity contribution in [3.05, 3.63) is 69.8 Å². The van der Waals surface area contributed by atoms with Gasteiger partial charge < -0.3 is 10.6 Å². The molecule has 1 aliphatic rings. The summed E-state index contributed by atoms with van der Waals surface area (Å²) in [6.45, 7) is 14.1. The van der Waals surface area contributed by atoms with Crippen molar-refractivity contribution in [3.63, 3.8) is 0 Å². The minimum atomic E-state index is -0.247. The van der Waals surface area contributed by atoms with E-state index >= 15 is 0 Å². The van der Waals surface area contributed by atoms with Gasteiger partial charge in [0.15, 0.2) is 11.6 Å².